The lowest BCUT2D eigenvalue weighted by atomic mass is 10.3. The highest BCUT2D eigenvalue weighted by Crippen LogP contribution is 2.22. The Hall–Kier alpha value is -1.78. The Balaban J connectivity index is 2.23. The van der Waals surface area contributed by atoms with Crippen LogP contribution in [0.5, 0.6) is 0 Å². The minimum atomic E-state index is -3.76. The predicted octanol–water partition coefficient (Wildman–Crippen LogP) is 1.71. The molecule has 0 radical (unpaired) electrons. The molecule has 2 N–H and O–H groups in total. The van der Waals surface area contributed by atoms with Crippen molar-refractivity contribution in [2.45, 2.75) is 45.2 Å². The number of aryl methyl sites for hydroxylation is 1. The molecule has 23 heavy (non-hydrogen) atoms. The van der Waals surface area contributed by atoms with Crippen molar-refractivity contribution in [3.8, 4) is 0 Å². The van der Waals surface area contributed by atoms with Crippen LogP contribution in [0.15, 0.2) is 10.3 Å². The first-order valence-corrected chi connectivity index (χ1v) is 9.23. The second kappa shape index (κ2) is 6.38. The highest BCUT2D eigenvalue weighted by atomic mass is 32.2. The van der Waals surface area contributed by atoms with Gasteiger partial charge in [0, 0.05) is 11.4 Å². The van der Waals surface area contributed by atoms with Crippen LogP contribution < -0.4 is 4.72 Å². The van der Waals surface area contributed by atoms with Crippen LogP contribution >= 0.6 is 11.3 Å². The number of nitrogens with zero attached hydrogens (tertiary/aromatic N) is 3. The molecule has 2 aromatic rings. The normalized spacial score (nSPS) is 12.0. The molecule has 10 heteroatoms. The van der Waals surface area contributed by atoms with Crippen molar-refractivity contribution in [2.75, 3.05) is 0 Å². The van der Waals surface area contributed by atoms with Crippen molar-refractivity contribution in [3.63, 3.8) is 0 Å². The first-order valence-electron chi connectivity index (χ1n) is 6.86. The molecule has 2 rings (SSSR count). The number of carboxylic acid groups (broad SMARTS) is 1. The molecule has 2 aromatic heterocycles. The van der Waals surface area contributed by atoms with E-state index in [0.717, 1.165) is 11.3 Å². The molecular weight excluding hydrogens is 340 g/mol. The lowest BCUT2D eigenvalue weighted by Crippen LogP contribution is -2.24. The summed E-state index contributed by atoms with van der Waals surface area (Å²) in [6.45, 7) is 7.14. The van der Waals surface area contributed by atoms with Gasteiger partial charge in [0.1, 0.15) is 9.90 Å². The topological polar surface area (TPSA) is 114 Å². The maximum absolute atomic E-state index is 12.5. The fourth-order valence-corrected chi connectivity index (χ4v) is 4.44. The minimum absolute atomic E-state index is 0.0507. The van der Waals surface area contributed by atoms with E-state index in [1.54, 1.807) is 18.5 Å². The van der Waals surface area contributed by atoms with Crippen LogP contribution in [0.4, 0.5) is 0 Å². The summed E-state index contributed by atoms with van der Waals surface area (Å²) in [5, 5.41) is 14.9. The molecule has 126 valence electrons. The van der Waals surface area contributed by atoms with Crippen molar-refractivity contribution in [3.05, 3.63) is 27.5 Å². The molecule has 0 aliphatic heterocycles. The SMILES string of the molecule is Cc1nn(C(C)C)c(C)c1S(=O)(=O)NCc1nc(C(=O)O)cs1. The van der Waals surface area contributed by atoms with Gasteiger partial charge in [-0.25, -0.2) is 22.9 Å². The van der Waals surface area contributed by atoms with Gasteiger partial charge >= 0.3 is 5.97 Å². The molecule has 0 bridgehead atoms. The largest absolute Gasteiger partial charge is 0.476 e. The molecule has 0 saturated heterocycles. The summed E-state index contributed by atoms with van der Waals surface area (Å²) < 4.78 is 29.2. The third-order valence-electron chi connectivity index (χ3n) is 3.20. The Morgan fingerprint density at radius 1 is 1.43 bits per heavy atom. The van der Waals surface area contributed by atoms with E-state index in [-0.39, 0.29) is 23.2 Å². The maximum Gasteiger partial charge on any atom is 0.355 e. The Labute approximate surface area is 138 Å². The number of sulfonamides is 1. The van der Waals surface area contributed by atoms with Gasteiger partial charge in [-0.05, 0) is 27.7 Å². The fraction of sp³-hybridized carbons (Fsp3) is 0.462. The summed E-state index contributed by atoms with van der Waals surface area (Å²) in [6.07, 6.45) is 0. The zero-order valence-electron chi connectivity index (χ0n) is 13.2. The van der Waals surface area contributed by atoms with Gasteiger partial charge in [-0.15, -0.1) is 11.3 Å². The van der Waals surface area contributed by atoms with E-state index in [1.165, 1.54) is 5.38 Å². The summed E-state index contributed by atoms with van der Waals surface area (Å²) in [5.74, 6) is -1.14. The average molecular weight is 358 g/mol. The number of rotatable bonds is 6. The molecule has 0 aliphatic rings. The van der Waals surface area contributed by atoms with Crippen molar-refractivity contribution in [1.82, 2.24) is 19.5 Å². The lowest BCUT2D eigenvalue weighted by Gasteiger charge is -2.09. The van der Waals surface area contributed by atoms with E-state index in [4.69, 9.17) is 5.11 Å². The highest BCUT2D eigenvalue weighted by molar-refractivity contribution is 7.89. The molecule has 0 spiro atoms. The van der Waals surface area contributed by atoms with Crippen molar-refractivity contribution < 1.29 is 18.3 Å². The quantitative estimate of drug-likeness (QED) is 0.812. The second-order valence-electron chi connectivity index (χ2n) is 5.29. The molecule has 0 unspecified atom stereocenters. The van der Waals surface area contributed by atoms with Gasteiger partial charge in [-0.2, -0.15) is 5.10 Å². The highest BCUT2D eigenvalue weighted by Gasteiger charge is 2.25. The first-order chi connectivity index (χ1) is 10.6. The van der Waals surface area contributed by atoms with E-state index in [1.807, 2.05) is 13.8 Å². The monoisotopic (exact) mass is 358 g/mol. The Bertz CT molecular complexity index is 836. The van der Waals surface area contributed by atoms with Crippen molar-refractivity contribution in [2.24, 2.45) is 0 Å². The van der Waals surface area contributed by atoms with Crippen LogP contribution in [-0.4, -0.2) is 34.3 Å². The Kier molecular flexibility index (Phi) is 4.87. The molecular formula is C13H18N4O4S2. The number of aromatic nitrogens is 3. The minimum Gasteiger partial charge on any atom is -0.476 e. The van der Waals surface area contributed by atoms with Crippen LogP contribution in [-0.2, 0) is 16.6 Å². The third-order valence-corrected chi connectivity index (χ3v) is 5.70. The number of carbonyl (C=O) groups is 1. The van der Waals surface area contributed by atoms with Gasteiger partial charge in [0.15, 0.2) is 5.69 Å². The number of thiazole rings is 1. The number of hydrogen-bond acceptors (Lipinski definition) is 6. The van der Waals surface area contributed by atoms with Crippen LogP contribution in [0.3, 0.4) is 0 Å². The van der Waals surface area contributed by atoms with Crippen LogP contribution in [0.1, 0.15) is 46.8 Å². The standard InChI is InChI=1S/C13H18N4O4S2/c1-7(2)17-9(4)12(8(3)16-17)23(20,21)14-5-11-15-10(6-22-11)13(18)19/h6-7,14H,5H2,1-4H3,(H,18,19). The number of nitrogens with one attached hydrogen (secondary N) is 1. The molecule has 0 aliphatic carbocycles. The molecule has 0 aromatic carbocycles. The lowest BCUT2D eigenvalue weighted by molar-refractivity contribution is 0.0691. The molecule has 8 nitrogen and oxygen atoms in total. The van der Waals surface area contributed by atoms with E-state index in [2.05, 4.69) is 14.8 Å². The average Bonchev–Trinajstić information content (AvgIpc) is 3.01. The second-order valence-corrected chi connectivity index (χ2v) is 7.94. The number of aromatic carboxylic acids is 1. The van der Waals surface area contributed by atoms with E-state index in [0.29, 0.717) is 16.4 Å². The smallest absolute Gasteiger partial charge is 0.355 e. The zero-order chi connectivity index (χ0) is 17.4. The van der Waals surface area contributed by atoms with Crippen LogP contribution in [0.25, 0.3) is 0 Å². The first kappa shape index (κ1) is 17.6. The number of carboxylic acids is 1. The third kappa shape index (κ3) is 3.59. The summed E-state index contributed by atoms with van der Waals surface area (Å²) in [7, 11) is -3.76. The van der Waals surface area contributed by atoms with Gasteiger partial charge in [-0.1, -0.05) is 0 Å². The van der Waals surface area contributed by atoms with Gasteiger partial charge in [0.05, 0.1) is 17.9 Å². The zero-order valence-corrected chi connectivity index (χ0v) is 14.8. The van der Waals surface area contributed by atoms with Gasteiger partial charge in [0.2, 0.25) is 10.0 Å². The van der Waals surface area contributed by atoms with Gasteiger partial charge in [-0.3, -0.25) is 4.68 Å². The van der Waals surface area contributed by atoms with E-state index >= 15 is 0 Å². The fourth-order valence-electron chi connectivity index (χ4n) is 2.26. The summed E-state index contributed by atoms with van der Waals surface area (Å²) in [6, 6.07) is 0.0507. The van der Waals surface area contributed by atoms with E-state index in [9.17, 15) is 13.2 Å². The molecule has 0 amide bonds. The molecule has 2 heterocycles. The number of hydrogen-bond donors (Lipinski definition) is 2. The predicted molar refractivity (Wildman–Crippen MR) is 85.2 cm³/mol. The summed E-state index contributed by atoms with van der Waals surface area (Å²) in [5.41, 5.74) is 0.897. The molecule has 0 atom stereocenters. The Morgan fingerprint density at radius 3 is 2.57 bits per heavy atom. The summed E-state index contributed by atoms with van der Waals surface area (Å²) in [4.78, 5) is 14.8. The van der Waals surface area contributed by atoms with E-state index < -0.39 is 16.0 Å². The molecule has 0 fully saturated rings. The van der Waals surface area contributed by atoms with Gasteiger partial charge < -0.3 is 5.11 Å². The van der Waals surface area contributed by atoms with Crippen molar-refractivity contribution >= 4 is 27.3 Å². The van der Waals surface area contributed by atoms with Crippen LogP contribution in [0.2, 0.25) is 0 Å². The van der Waals surface area contributed by atoms with Crippen molar-refractivity contribution in [1.29, 1.82) is 0 Å². The van der Waals surface area contributed by atoms with Gasteiger partial charge in [0.25, 0.3) is 0 Å². The maximum atomic E-state index is 12.5. The van der Waals surface area contributed by atoms with Crippen LogP contribution in [0, 0.1) is 13.8 Å². The molecule has 0 saturated carbocycles. The Morgan fingerprint density at radius 2 is 2.09 bits per heavy atom. The summed E-state index contributed by atoms with van der Waals surface area (Å²) >= 11 is 1.09.